The van der Waals surface area contributed by atoms with Crippen molar-refractivity contribution < 1.29 is 14.3 Å². The Bertz CT molecular complexity index is 711. The molecule has 0 atom stereocenters. The van der Waals surface area contributed by atoms with Crippen molar-refractivity contribution in [1.82, 2.24) is 0 Å². The first-order chi connectivity index (χ1) is 12.5. The summed E-state index contributed by atoms with van der Waals surface area (Å²) < 4.78 is 11.4. The summed E-state index contributed by atoms with van der Waals surface area (Å²) in [7, 11) is -2.83. The van der Waals surface area contributed by atoms with Gasteiger partial charge in [-0.2, -0.15) is 0 Å². The lowest BCUT2D eigenvalue weighted by Gasteiger charge is -2.28. The summed E-state index contributed by atoms with van der Waals surface area (Å²) in [6, 6.07) is 10.1. The fraction of sp³-hybridized carbons (Fsp3) is 0.409. The zero-order valence-corrected chi connectivity index (χ0v) is 19.9. The van der Waals surface area contributed by atoms with Crippen LogP contribution in [0.15, 0.2) is 65.8 Å². The fourth-order valence-corrected chi connectivity index (χ4v) is 8.00. The third-order valence-electron chi connectivity index (χ3n) is 4.27. The lowest BCUT2D eigenvalue weighted by molar-refractivity contribution is 0.0630. The van der Waals surface area contributed by atoms with Crippen LogP contribution in [0.3, 0.4) is 0 Å². The van der Waals surface area contributed by atoms with Crippen molar-refractivity contribution in [3.05, 3.63) is 71.3 Å². The molecule has 1 aromatic carbocycles. The Hall–Kier alpha value is -1.86. The van der Waals surface area contributed by atoms with Crippen LogP contribution in [0.2, 0.25) is 38.8 Å². The minimum Gasteiger partial charge on any atom is -0.504 e. The second kappa shape index (κ2) is 9.90. The van der Waals surface area contributed by atoms with Crippen LogP contribution in [0.4, 0.5) is 0 Å². The van der Waals surface area contributed by atoms with Gasteiger partial charge in [0.2, 0.25) is 0 Å². The van der Waals surface area contributed by atoms with Gasteiger partial charge in [0.05, 0.1) is 18.1 Å². The number of ether oxygens (including phenoxy) is 2. The molecule has 0 aliphatic carbocycles. The summed E-state index contributed by atoms with van der Waals surface area (Å²) in [6.45, 7) is 19.8. The fourth-order valence-electron chi connectivity index (χ4n) is 2.51. The molecule has 5 heteroatoms. The van der Waals surface area contributed by atoms with E-state index in [9.17, 15) is 4.79 Å². The van der Waals surface area contributed by atoms with Gasteiger partial charge in [0, 0.05) is 13.6 Å². The second-order valence-electron chi connectivity index (χ2n) is 8.75. The Morgan fingerprint density at radius 2 is 1.70 bits per heavy atom. The van der Waals surface area contributed by atoms with Gasteiger partial charge in [-0.3, -0.25) is 0 Å². The molecule has 0 amide bonds. The van der Waals surface area contributed by atoms with Crippen molar-refractivity contribution in [2.45, 2.75) is 52.6 Å². The number of esters is 1. The number of allylic oxidation sites excluding steroid dienone is 3. The lowest BCUT2D eigenvalue weighted by atomic mass is 10.2. The van der Waals surface area contributed by atoms with Crippen LogP contribution in [-0.2, 0) is 9.47 Å². The summed E-state index contributed by atoms with van der Waals surface area (Å²) in [4.78, 5) is 12.2. The van der Waals surface area contributed by atoms with E-state index in [2.05, 4.69) is 39.3 Å². The van der Waals surface area contributed by atoms with Gasteiger partial charge < -0.3 is 9.47 Å². The highest BCUT2D eigenvalue weighted by Gasteiger charge is 2.29. The van der Waals surface area contributed by atoms with Crippen molar-refractivity contribution in [3.63, 3.8) is 0 Å². The van der Waals surface area contributed by atoms with E-state index < -0.39 is 16.1 Å². The largest absolute Gasteiger partial charge is 0.504 e. The van der Waals surface area contributed by atoms with Crippen molar-refractivity contribution in [2.24, 2.45) is 0 Å². The van der Waals surface area contributed by atoms with Crippen LogP contribution in [0.1, 0.15) is 24.2 Å². The summed E-state index contributed by atoms with van der Waals surface area (Å²) in [6.07, 6.45) is 4.16. The topological polar surface area (TPSA) is 35.5 Å². The molecular formula is C22H34O3Si2. The van der Waals surface area contributed by atoms with Gasteiger partial charge in [-0.1, -0.05) is 56.1 Å². The van der Waals surface area contributed by atoms with Crippen LogP contribution in [0.5, 0.6) is 0 Å². The number of hydrogen-bond donors (Lipinski definition) is 0. The van der Waals surface area contributed by atoms with Crippen molar-refractivity contribution in [1.29, 1.82) is 0 Å². The van der Waals surface area contributed by atoms with Crippen molar-refractivity contribution in [2.75, 3.05) is 6.23 Å². The van der Waals surface area contributed by atoms with Crippen molar-refractivity contribution in [3.8, 4) is 0 Å². The number of carbonyl (C=O) groups excluding carboxylic acids is 1. The molecule has 1 rings (SSSR count). The molecule has 0 spiro atoms. The van der Waals surface area contributed by atoms with Crippen LogP contribution >= 0.6 is 0 Å². The lowest BCUT2D eigenvalue weighted by Crippen LogP contribution is -2.38. The van der Waals surface area contributed by atoms with Gasteiger partial charge in [-0.15, -0.1) is 6.58 Å². The average Bonchev–Trinajstić information content (AvgIpc) is 2.58. The van der Waals surface area contributed by atoms with Crippen LogP contribution in [0.25, 0.3) is 0 Å². The molecule has 3 nitrogen and oxygen atoms in total. The molecule has 0 unspecified atom stereocenters. The molecule has 1 aromatic rings. The molecule has 27 heavy (non-hydrogen) atoms. The zero-order chi connectivity index (χ0) is 20.7. The van der Waals surface area contributed by atoms with E-state index in [0.717, 1.165) is 11.6 Å². The second-order valence-corrected chi connectivity index (χ2v) is 19.0. The normalized spacial score (nSPS) is 13.3. The van der Waals surface area contributed by atoms with E-state index in [1.807, 2.05) is 32.0 Å². The Labute approximate surface area is 166 Å². The summed E-state index contributed by atoms with van der Waals surface area (Å²) in [5.74, 6) is 0.152. The van der Waals surface area contributed by atoms with Crippen LogP contribution < -0.4 is 0 Å². The highest BCUT2D eigenvalue weighted by molar-refractivity contribution is 6.87. The maximum atomic E-state index is 12.2. The minimum atomic E-state index is -1.67. The van der Waals surface area contributed by atoms with E-state index in [1.54, 1.807) is 24.5 Å². The van der Waals surface area contributed by atoms with E-state index >= 15 is 0 Å². The van der Waals surface area contributed by atoms with E-state index in [-0.39, 0.29) is 5.97 Å². The molecule has 0 heterocycles. The third-order valence-corrected chi connectivity index (χ3v) is 9.09. The number of hydrogen-bond acceptors (Lipinski definition) is 3. The first-order valence-electron chi connectivity index (χ1n) is 9.37. The van der Waals surface area contributed by atoms with Crippen LogP contribution in [0, 0.1) is 0 Å². The predicted molar refractivity (Wildman–Crippen MR) is 120 cm³/mol. The SMILES string of the molecule is C=C(C[Si](C)(C)C)[Si](C)(C)CO/C=C(C)/C(=C/C)OC(=O)c1ccccc1. The first kappa shape index (κ1) is 23.2. The quantitative estimate of drug-likeness (QED) is 0.209. The van der Waals surface area contributed by atoms with E-state index in [0.29, 0.717) is 17.6 Å². The van der Waals surface area contributed by atoms with E-state index in [1.165, 1.54) is 5.20 Å². The van der Waals surface area contributed by atoms with Gasteiger partial charge in [-0.05, 0) is 38.1 Å². The first-order valence-corrected chi connectivity index (χ1v) is 16.3. The molecule has 0 bridgehead atoms. The maximum absolute atomic E-state index is 12.2. The average molecular weight is 403 g/mol. The summed E-state index contributed by atoms with van der Waals surface area (Å²) in [5, 5.41) is 1.37. The Balaban J connectivity index is 2.68. The molecule has 148 valence electrons. The third kappa shape index (κ3) is 8.14. The van der Waals surface area contributed by atoms with Gasteiger partial charge in [-0.25, -0.2) is 4.79 Å². The molecule has 0 aliphatic heterocycles. The molecule has 0 aromatic heterocycles. The maximum Gasteiger partial charge on any atom is 0.343 e. The smallest absolute Gasteiger partial charge is 0.343 e. The monoisotopic (exact) mass is 402 g/mol. The molecular weight excluding hydrogens is 368 g/mol. The summed E-state index contributed by atoms with van der Waals surface area (Å²) in [5.41, 5.74) is 1.32. The van der Waals surface area contributed by atoms with E-state index in [4.69, 9.17) is 9.47 Å². The molecule has 0 aliphatic rings. The Morgan fingerprint density at radius 1 is 1.11 bits per heavy atom. The number of benzene rings is 1. The van der Waals surface area contributed by atoms with Gasteiger partial charge in [0.25, 0.3) is 0 Å². The molecule has 0 saturated heterocycles. The van der Waals surface area contributed by atoms with Gasteiger partial charge in [0.15, 0.2) is 0 Å². The van der Waals surface area contributed by atoms with Crippen LogP contribution in [-0.4, -0.2) is 28.3 Å². The predicted octanol–water partition coefficient (Wildman–Crippen LogP) is 6.35. The minimum absolute atomic E-state index is 0.366. The van der Waals surface area contributed by atoms with Crippen molar-refractivity contribution >= 4 is 22.1 Å². The van der Waals surface area contributed by atoms with Gasteiger partial charge in [0.1, 0.15) is 13.8 Å². The highest BCUT2D eigenvalue weighted by atomic mass is 28.3. The molecule has 0 radical (unpaired) electrons. The molecule has 0 N–H and O–H groups in total. The Morgan fingerprint density at radius 3 is 2.22 bits per heavy atom. The summed E-state index contributed by atoms with van der Waals surface area (Å²) >= 11 is 0. The number of rotatable bonds is 9. The molecule has 0 fully saturated rings. The highest BCUT2D eigenvalue weighted by Crippen LogP contribution is 2.24. The molecule has 0 saturated carbocycles. The zero-order valence-electron chi connectivity index (χ0n) is 17.9. The Kier molecular flexibility index (Phi) is 8.50. The standard InChI is InChI=1S/C22H34O3Si2/c1-9-21(25-22(23)20-13-11-10-12-14-20)18(2)15-24-17-27(7,8)19(3)16-26(4,5)6/h9-15H,3,16-17H2,1-2,4-8H3/b18-15+,21-9-. The number of carbonyl (C=O) groups is 1. The van der Waals surface area contributed by atoms with Gasteiger partial charge >= 0.3 is 5.97 Å².